The van der Waals surface area contributed by atoms with E-state index in [1.165, 1.54) is 12.1 Å². The zero-order valence-electron chi connectivity index (χ0n) is 15.3. The minimum atomic E-state index is -0.370. The molecule has 0 spiro atoms. The average Bonchev–Trinajstić information content (AvgIpc) is 3.38. The molecule has 1 fully saturated rings. The monoisotopic (exact) mass is 382 g/mol. The Labute approximate surface area is 161 Å². The SMILES string of the molecule is COc1ccc(NC(=O)N2CCC[C@@H]2c2nc(-c3cccc(F)c3)no2)cc1. The lowest BCUT2D eigenvalue weighted by atomic mass is 10.2. The molecule has 1 N–H and O–H groups in total. The Balaban J connectivity index is 1.49. The van der Waals surface area contributed by atoms with Crippen molar-refractivity contribution in [2.24, 2.45) is 0 Å². The standard InChI is InChI=1S/C20H19FN4O3/c1-27-16-9-7-15(8-10-16)22-20(26)25-11-3-6-17(25)19-23-18(24-28-19)13-4-2-5-14(21)12-13/h2,4-5,7-10,12,17H,3,6,11H2,1H3,(H,22,26)/t17-/m1/s1. The number of ether oxygens (including phenoxy) is 1. The Kier molecular flexibility index (Phi) is 4.92. The molecule has 2 amide bonds. The van der Waals surface area contributed by atoms with Crippen molar-refractivity contribution in [3.05, 3.63) is 60.2 Å². The molecule has 28 heavy (non-hydrogen) atoms. The van der Waals surface area contributed by atoms with Crippen LogP contribution in [0.5, 0.6) is 5.75 Å². The Morgan fingerprint density at radius 3 is 2.86 bits per heavy atom. The highest BCUT2D eigenvalue weighted by molar-refractivity contribution is 5.89. The zero-order valence-corrected chi connectivity index (χ0v) is 15.3. The number of hydrogen-bond acceptors (Lipinski definition) is 5. The van der Waals surface area contributed by atoms with Gasteiger partial charge in [0.15, 0.2) is 0 Å². The fourth-order valence-corrected chi connectivity index (χ4v) is 3.25. The number of rotatable bonds is 4. The van der Waals surface area contributed by atoms with Crippen molar-refractivity contribution in [3.8, 4) is 17.1 Å². The number of nitrogens with zero attached hydrogens (tertiary/aromatic N) is 3. The van der Waals surface area contributed by atoms with E-state index in [4.69, 9.17) is 9.26 Å². The number of nitrogens with one attached hydrogen (secondary N) is 1. The van der Waals surface area contributed by atoms with E-state index in [0.717, 1.165) is 12.8 Å². The molecule has 8 heteroatoms. The molecule has 1 aliphatic heterocycles. The lowest BCUT2D eigenvalue weighted by molar-refractivity contribution is 0.193. The molecule has 0 unspecified atom stereocenters. The summed E-state index contributed by atoms with van der Waals surface area (Å²) in [5.41, 5.74) is 1.20. The van der Waals surface area contributed by atoms with E-state index in [1.54, 1.807) is 48.4 Å². The first-order chi connectivity index (χ1) is 13.6. The summed E-state index contributed by atoms with van der Waals surface area (Å²) < 4.78 is 23.9. The fourth-order valence-electron chi connectivity index (χ4n) is 3.25. The number of anilines is 1. The van der Waals surface area contributed by atoms with Gasteiger partial charge in [0.1, 0.15) is 17.6 Å². The van der Waals surface area contributed by atoms with Crippen LogP contribution in [0.4, 0.5) is 14.9 Å². The Bertz CT molecular complexity index is 974. The molecular weight excluding hydrogens is 363 g/mol. The maximum atomic E-state index is 13.4. The van der Waals surface area contributed by atoms with Crippen molar-refractivity contribution in [1.29, 1.82) is 0 Å². The molecule has 0 bridgehead atoms. The number of carbonyl (C=O) groups excluding carboxylic acids is 1. The highest BCUT2D eigenvalue weighted by Crippen LogP contribution is 2.32. The summed E-state index contributed by atoms with van der Waals surface area (Å²) >= 11 is 0. The molecular formula is C20H19FN4O3. The third-order valence-electron chi connectivity index (χ3n) is 4.66. The van der Waals surface area contributed by atoms with Gasteiger partial charge in [-0.2, -0.15) is 4.98 Å². The highest BCUT2D eigenvalue weighted by atomic mass is 19.1. The first kappa shape index (κ1) is 18.0. The van der Waals surface area contributed by atoms with Crippen LogP contribution in [0, 0.1) is 5.82 Å². The van der Waals surface area contributed by atoms with Crippen molar-refractivity contribution in [2.45, 2.75) is 18.9 Å². The Morgan fingerprint density at radius 2 is 2.11 bits per heavy atom. The van der Waals surface area contributed by atoms with Crippen molar-refractivity contribution in [3.63, 3.8) is 0 Å². The third kappa shape index (κ3) is 3.66. The van der Waals surface area contributed by atoms with Gasteiger partial charge in [0.05, 0.1) is 7.11 Å². The number of carbonyl (C=O) groups is 1. The summed E-state index contributed by atoms with van der Waals surface area (Å²) in [7, 11) is 1.59. The second-order valence-electron chi connectivity index (χ2n) is 6.48. The number of likely N-dealkylation sites (tertiary alicyclic amines) is 1. The molecule has 1 aliphatic rings. The number of hydrogen-bond donors (Lipinski definition) is 1. The lowest BCUT2D eigenvalue weighted by Crippen LogP contribution is -2.34. The van der Waals surface area contributed by atoms with Crippen molar-refractivity contribution in [1.82, 2.24) is 15.0 Å². The lowest BCUT2D eigenvalue weighted by Gasteiger charge is -2.22. The van der Waals surface area contributed by atoms with E-state index >= 15 is 0 Å². The van der Waals surface area contributed by atoms with Gasteiger partial charge < -0.3 is 19.5 Å². The van der Waals surface area contributed by atoms with Gasteiger partial charge in [-0.25, -0.2) is 9.18 Å². The van der Waals surface area contributed by atoms with Gasteiger partial charge >= 0.3 is 6.03 Å². The maximum Gasteiger partial charge on any atom is 0.322 e. The predicted octanol–water partition coefficient (Wildman–Crippen LogP) is 4.25. The average molecular weight is 382 g/mol. The number of benzene rings is 2. The van der Waals surface area contributed by atoms with Gasteiger partial charge in [0.25, 0.3) is 0 Å². The van der Waals surface area contributed by atoms with E-state index in [-0.39, 0.29) is 17.9 Å². The van der Waals surface area contributed by atoms with Gasteiger partial charge in [-0.1, -0.05) is 17.3 Å². The summed E-state index contributed by atoms with van der Waals surface area (Å²) in [5.74, 6) is 0.997. The van der Waals surface area contributed by atoms with Crippen LogP contribution < -0.4 is 10.1 Å². The predicted molar refractivity (Wildman–Crippen MR) is 100 cm³/mol. The molecule has 144 valence electrons. The second-order valence-corrected chi connectivity index (χ2v) is 6.48. The summed E-state index contributed by atoms with van der Waals surface area (Å²) in [6, 6.07) is 12.6. The second kappa shape index (κ2) is 7.67. The molecule has 3 aromatic rings. The number of halogens is 1. The van der Waals surface area contributed by atoms with Crippen LogP contribution in [0.2, 0.25) is 0 Å². The summed E-state index contributed by atoms with van der Waals surface area (Å²) in [6.45, 7) is 0.588. The van der Waals surface area contributed by atoms with Crippen molar-refractivity contribution >= 4 is 11.7 Å². The van der Waals surface area contributed by atoms with E-state index in [0.29, 0.717) is 35.3 Å². The molecule has 1 atom stereocenters. The minimum Gasteiger partial charge on any atom is -0.497 e. The van der Waals surface area contributed by atoms with E-state index < -0.39 is 0 Å². The first-order valence-electron chi connectivity index (χ1n) is 8.95. The normalized spacial score (nSPS) is 16.2. The molecule has 1 aromatic heterocycles. The maximum absolute atomic E-state index is 13.4. The van der Waals surface area contributed by atoms with Crippen LogP contribution in [0.1, 0.15) is 24.8 Å². The van der Waals surface area contributed by atoms with Crippen LogP contribution in [0.3, 0.4) is 0 Å². The summed E-state index contributed by atoms with van der Waals surface area (Å²) in [4.78, 5) is 18.8. The highest BCUT2D eigenvalue weighted by Gasteiger charge is 2.34. The van der Waals surface area contributed by atoms with Gasteiger partial charge in [-0.15, -0.1) is 0 Å². The van der Waals surface area contributed by atoms with Gasteiger partial charge in [0, 0.05) is 17.8 Å². The fraction of sp³-hybridized carbons (Fsp3) is 0.250. The van der Waals surface area contributed by atoms with E-state index in [9.17, 15) is 9.18 Å². The van der Waals surface area contributed by atoms with Gasteiger partial charge in [-0.3, -0.25) is 0 Å². The molecule has 2 aromatic carbocycles. The summed E-state index contributed by atoms with van der Waals surface area (Å²) in [5, 5.41) is 6.82. The molecule has 7 nitrogen and oxygen atoms in total. The van der Waals surface area contributed by atoms with Gasteiger partial charge in [0.2, 0.25) is 11.7 Å². The van der Waals surface area contributed by atoms with E-state index in [1.807, 2.05) is 0 Å². The first-order valence-corrected chi connectivity index (χ1v) is 8.95. The Morgan fingerprint density at radius 1 is 1.29 bits per heavy atom. The molecule has 4 rings (SSSR count). The van der Waals surface area contributed by atoms with Crippen molar-refractivity contribution in [2.75, 3.05) is 19.0 Å². The summed E-state index contributed by atoms with van der Waals surface area (Å²) in [6.07, 6.45) is 1.55. The number of urea groups is 1. The molecule has 1 saturated heterocycles. The van der Waals surface area contributed by atoms with E-state index in [2.05, 4.69) is 15.5 Å². The van der Waals surface area contributed by atoms with Crippen LogP contribution >= 0.6 is 0 Å². The molecule has 0 radical (unpaired) electrons. The van der Waals surface area contributed by atoms with Crippen molar-refractivity contribution < 1.29 is 18.4 Å². The zero-order chi connectivity index (χ0) is 19.5. The number of methoxy groups -OCH3 is 1. The largest absolute Gasteiger partial charge is 0.497 e. The molecule has 0 saturated carbocycles. The minimum absolute atomic E-state index is 0.238. The van der Waals surface area contributed by atoms with Crippen LogP contribution in [-0.2, 0) is 0 Å². The number of amides is 2. The topological polar surface area (TPSA) is 80.5 Å². The number of aromatic nitrogens is 2. The quantitative estimate of drug-likeness (QED) is 0.729. The van der Waals surface area contributed by atoms with Crippen LogP contribution in [0.15, 0.2) is 53.1 Å². The smallest absolute Gasteiger partial charge is 0.322 e. The van der Waals surface area contributed by atoms with Crippen LogP contribution in [0.25, 0.3) is 11.4 Å². The Hall–Kier alpha value is -3.42. The molecule has 2 heterocycles. The third-order valence-corrected chi connectivity index (χ3v) is 4.66. The molecule has 0 aliphatic carbocycles. The van der Waals surface area contributed by atoms with Crippen LogP contribution in [-0.4, -0.2) is 34.7 Å². The van der Waals surface area contributed by atoms with Gasteiger partial charge in [-0.05, 0) is 49.2 Å².